The van der Waals surface area contributed by atoms with Crippen LogP contribution >= 0.6 is 0 Å². The molecule has 0 bridgehead atoms. The first-order valence-corrected chi connectivity index (χ1v) is 2.66. The Balaban J connectivity index is 3.83. The molecule has 4 nitrogen and oxygen atoms in total. The Hall–Kier alpha value is -1.45. The van der Waals surface area contributed by atoms with Crippen LogP contribution in [-0.4, -0.2) is 11.1 Å². The number of carboxylic acid groups (broad SMARTS) is 1. The lowest BCUT2D eigenvalue weighted by atomic mass is 10.2. The van der Waals surface area contributed by atoms with Gasteiger partial charge in [0.25, 0.3) is 0 Å². The number of hydrogen-bond acceptors (Lipinski definition) is 3. The van der Waals surface area contributed by atoms with Crippen molar-refractivity contribution in [3.05, 3.63) is 24.0 Å². The highest BCUT2D eigenvalue weighted by atomic mass is 16.4. The lowest BCUT2D eigenvalue weighted by Crippen LogP contribution is -2.08. The molecule has 0 aliphatic rings. The van der Waals surface area contributed by atoms with Gasteiger partial charge in [-0.1, -0.05) is 6.58 Å². The molecule has 0 fully saturated rings. The van der Waals surface area contributed by atoms with E-state index in [9.17, 15) is 4.79 Å². The van der Waals surface area contributed by atoms with Gasteiger partial charge in [-0.05, 0) is 6.08 Å². The summed E-state index contributed by atoms with van der Waals surface area (Å²) in [5.74, 6) is -0.917. The standard InChI is InChI=1S/C6H10N2O2/c1-4(6(9)10)2-3-5(7)8/h3H,1-2,7-8H2,(H,9,10). The van der Waals surface area contributed by atoms with Gasteiger partial charge in [-0.25, -0.2) is 4.79 Å². The zero-order chi connectivity index (χ0) is 8.15. The lowest BCUT2D eigenvalue weighted by molar-refractivity contribution is -0.132. The van der Waals surface area contributed by atoms with E-state index >= 15 is 0 Å². The van der Waals surface area contributed by atoms with Crippen LogP contribution in [0.25, 0.3) is 0 Å². The molecule has 0 saturated carbocycles. The third kappa shape index (κ3) is 3.54. The summed E-state index contributed by atoms with van der Waals surface area (Å²) >= 11 is 0. The van der Waals surface area contributed by atoms with Gasteiger partial charge in [0.2, 0.25) is 0 Å². The highest BCUT2D eigenvalue weighted by molar-refractivity contribution is 5.86. The molecule has 56 valence electrons. The molecule has 0 rings (SSSR count). The lowest BCUT2D eigenvalue weighted by Gasteiger charge is -1.93. The van der Waals surface area contributed by atoms with Crippen LogP contribution < -0.4 is 11.5 Å². The van der Waals surface area contributed by atoms with Crippen molar-refractivity contribution in [2.24, 2.45) is 11.5 Å². The Morgan fingerprint density at radius 1 is 1.60 bits per heavy atom. The Bertz CT molecular complexity index is 180. The van der Waals surface area contributed by atoms with E-state index in [2.05, 4.69) is 6.58 Å². The van der Waals surface area contributed by atoms with E-state index in [0.717, 1.165) is 0 Å². The van der Waals surface area contributed by atoms with Crippen molar-refractivity contribution >= 4 is 5.97 Å². The van der Waals surface area contributed by atoms with Crippen LogP contribution in [0.15, 0.2) is 24.0 Å². The molecule has 10 heavy (non-hydrogen) atoms. The molecule has 0 spiro atoms. The number of nitrogens with two attached hydrogens (primary N) is 2. The van der Waals surface area contributed by atoms with Crippen molar-refractivity contribution in [3.8, 4) is 0 Å². The van der Waals surface area contributed by atoms with Crippen molar-refractivity contribution in [1.82, 2.24) is 0 Å². The number of carbonyl (C=O) groups is 1. The minimum Gasteiger partial charge on any atom is -0.478 e. The van der Waals surface area contributed by atoms with Crippen LogP contribution in [-0.2, 0) is 4.79 Å². The maximum atomic E-state index is 10.1. The van der Waals surface area contributed by atoms with Gasteiger partial charge >= 0.3 is 5.97 Å². The van der Waals surface area contributed by atoms with Crippen LogP contribution in [0.1, 0.15) is 6.42 Å². The maximum Gasteiger partial charge on any atom is 0.331 e. The monoisotopic (exact) mass is 142 g/mol. The van der Waals surface area contributed by atoms with Crippen molar-refractivity contribution < 1.29 is 9.90 Å². The van der Waals surface area contributed by atoms with E-state index < -0.39 is 5.97 Å². The normalized spacial score (nSPS) is 8.40. The van der Waals surface area contributed by atoms with Gasteiger partial charge in [0.1, 0.15) is 0 Å². The Morgan fingerprint density at radius 3 is 2.40 bits per heavy atom. The Labute approximate surface area is 58.8 Å². The van der Waals surface area contributed by atoms with E-state index in [0.29, 0.717) is 0 Å². The third-order valence-electron chi connectivity index (χ3n) is 0.887. The van der Waals surface area contributed by atoms with Gasteiger partial charge in [0.15, 0.2) is 0 Å². The number of allylic oxidation sites excluding steroid dienone is 1. The summed E-state index contributed by atoms with van der Waals surface area (Å²) in [6, 6.07) is 0. The van der Waals surface area contributed by atoms with Crippen molar-refractivity contribution in [2.75, 3.05) is 0 Å². The largest absolute Gasteiger partial charge is 0.478 e. The molecule has 0 saturated heterocycles. The van der Waals surface area contributed by atoms with E-state index in [4.69, 9.17) is 16.6 Å². The topological polar surface area (TPSA) is 89.3 Å². The van der Waals surface area contributed by atoms with Gasteiger partial charge in [-0.15, -0.1) is 0 Å². The first-order valence-electron chi connectivity index (χ1n) is 2.66. The fourth-order valence-electron chi connectivity index (χ4n) is 0.328. The molecule has 0 atom stereocenters. The third-order valence-corrected chi connectivity index (χ3v) is 0.887. The van der Waals surface area contributed by atoms with E-state index in [1.54, 1.807) is 0 Å². The quantitative estimate of drug-likeness (QED) is 0.475. The molecule has 5 N–H and O–H groups in total. The summed E-state index contributed by atoms with van der Waals surface area (Å²) in [4.78, 5) is 10.1. The Morgan fingerprint density at radius 2 is 2.10 bits per heavy atom. The maximum absolute atomic E-state index is 10.1. The van der Waals surface area contributed by atoms with E-state index in [1.807, 2.05) is 0 Å². The minimum atomic E-state index is -1.03. The predicted molar refractivity (Wildman–Crippen MR) is 37.9 cm³/mol. The van der Waals surface area contributed by atoms with Gasteiger partial charge in [0.05, 0.1) is 5.82 Å². The van der Waals surface area contributed by atoms with Crippen molar-refractivity contribution in [3.63, 3.8) is 0 Å². The summed E-state index contributed by atoms with van der Waals surface area (Å²) in [5, 5.41) is 8.28. The second-order valence-corrected chi connectivity index (χ2v) is 1.82. The molecule has 0 heterocycles. The van der Waals surface area contributed by atoms with Crippen LogP contribution in [0.3, 0.4) is 0 Å². The van der Waals surface area contributed by atoms with E-state index in [-0.39, 0.29) is 17.8 Å². The number of aliphatic carboxylic acids is 1. The molecular formula is C6H10N2O2. The molecule has 0 amide bonds. The summed E-state index contributed by atoms with van der Waals surface area (Å²) < 4.78 is 0. The SMILES string of the molecule is C=C(CC=C(N)N)C(=O)O. The van der Waals surface area contributed by atoms with Gasteiger partial charge in [-0.2, -0.15) is 0 Å². The first kappa shape index (κ1) is 8.55. The average molecular weight is 142 g/mol. The number of carboxylic acids is 1. The Kier molecular flexibility index (Phi) is 3.04. The minimum absolute atomic E-state index is 0.0772. The van der Waals surface area contributed by atoms with Crippen molar-refractivity contribution in [1.29, 1.82) is 0 Å². The zero-order valence-corrected chi connectivity index (χ0v) is 5.50. The van der Waals surface area contributed by atoms with Crippen LogP contribution in [0.2, 0.25) is 0 Å². The average Bonchev–Trinajstić information content (AvgIpc) is 1.82. The summed E-state index contributed by atoms with van der Waals surface area (Å²) in [6.07, 6.45) is 1.59. The zero-order valence-electron chi connectivity index (χ0n) is 5.50. The molecule has 0 aromatic heterocycles. The predicted octanol–water partition coefficient (Wildman–Crippen LogP) is -0.224. The molecule has 4 heteroatoms. The fraction of sp³-hybridized carbons (Fsp3) is 0.167. The van der Waals surface area contributed by atoms with E-state index in [1.165, 1.54) is 6.08 Å². The van der Waals surface area contributed by atoms with Crippen LogP contribution in [0.4, 0.5) is 0 Å². The van der Waals surface area contributed by atoms with Crippen molar-refractivity contribution in [2.45, 2.75) is 6.42 Å². The van der Waals surface area contributed by atoms with Crippen LogP contribution in [0.5, 0.6) is 0 Å². The second-order valence-electron chi connectivity index (χ2n) is 1.82. The van der Waals surface area contributed by atoms with Gasteiger partial charge in [0, 0.05) is 12.0 Å². The van der Waals surface area contributed by atoms with Gasteiger partial charge in [-0.3, -0.25) is 0 Å². The van der Waals surface area contributed by atoms with Crippen LogP contribution in [0, 0.1) is 0 Å². The molecule has 0 aliphatic carbocycles. The molecule has 0 aromatic rings. The summed E-state index contributed by atoms with van der Waals surface area (Å²) in [6.45, 7) is 3.27. The molecule has 0 unspecified atom stereocenters. The van der Waals surface area contributed by atoms with Gasteiger partial charge < -0.3 is 16.6 Å². The summed E-state index contributed by atoms with van der Waals surface area (Å²) in [7, 11) is 0. The highest BCUT2D eigenvalue weighted by Gasteiger charge is 1.99. The second kappa shape index (κ2) is 3.55. The summed E-state index contributed by atoms with van der Waals surface area (Å²) in [5.41, 5.74) is 10.2. The smallest absolute Gasteiger partial charge is 0.331 e. The fourth-order valence-corrected chi connectivity index (χ4v) is 0.328. The molecule has 0 aromatic carbocycles. The molecule has 0 aliphatic heterocycles. The number of hydrogen-bond donors (Lipinski definition) is 3. The number of rotatable bonds is 3. The molecule has 0 radical (unpaired) electrons. The highest BCUT2D eigenvalue weighted by Crippen LogP contribution is 1.98. The first-order chi connectivity index (χ1) is 4.54. The molecular weight excluding hydrogens is 132 g/mol.